The lowest BCUT2D eigenvalue weighted by molar-refractivity contribution is 0.615. The molecular weight excluding hydrogens is 160 g/mol. The minimum atomic E-state index is 0.924. The molecule has 2 nitrogen and oxygen atoms in total. The average molecular weight is 171 g/mol. The van der Waals surface area contributed by atoms with Crippen LogP contribution in [0.25, 0.3) is 0 Å². The van der Waals surface area contributed by atoms with Gasteiger partial charge in [-0.1, -0.05) is 30.3 Å². The minimum Gasteiger partial charge on any atom is -0.272 e. The molecular formula is C11H11N2. The van der Waals surface area contributed by atoms with Crippen molar-refractivity contribution in [2.75, 3.05) is 0 Å². The van der Waals surface area contributed by atoms with Crippen LogP contribution in [0.15, 0.2) is 42.7 Å². The maximum absolute atomic E-state index is 4.09. The largest absolute Gasteiger partial charge is 0.272 e. The maximum atomic E-state index is 4.09. The zero-order valence-electron chi connectivity index (χ0n) is 7.35. The van der Waals surface area contributed by atoms with Crippen LogP contribution in [0, 0.1) is 6.07 Å². The van der Waals surface area contributed by atoms with Gasteiger partial charge in [-0.05, 0) is 12.0 Å². The molecule has 1 heterocycles. The van der Waals surface area contributed by atoms with Crippen molar-refractivity contribution in [3.05, 3.63) is 54.4 Å². The van der Waals surface area contributed by atoms with Crippen LogP contribution in [0.5, 0.6) is 0 Å². The van der Waals surface area contributed by atoms with Gasteiger partial charge in [0, 0.05) is 18.8 Å². The standard InChI is InChI=1S/C11H11N2/c1-2-5-11(6-3-1)7-10-13-9-4-8-12-13/h1-3,5-6,8-9H,7,10H2. The molecule has 0 N–H and O–H groups in total. The first-order chi connectivity index (χ1) is 6.45. The third kappa shape index (κ3) is 2.18. The number of benzene rings is 1. The Balaban J connectivity index is 1.94. The molecule has 0 aliphatic rings. The second-order valence-corrected chi connectivity index (χ2v) is 2.94. The molecule has 0 bridgehead atoms. The van der Waals surface area contributed by atoms with Gasteiger partial charge >= 0.3 is 0 Å². The van der Waals surface area contributed by atoms with E-state index in [0.717, 1.165) is 13.0 Å². The minimum absolute atomic E-state index is 0.924. The van der Waals surface area contributed by atoms with Crippen molar-refractivity contribution in [1.82, 2.24) is 9.78 Å². The van der Waals surface area contributed by atoms with Gasteiger partial charge in [0.25, 0.3) is 0 Å². The quantitative estimate of drug-likeness (QED) is 0.690. The molecule has 1 radical (unpaired) electrons. The first kappa shape index (κ1) is 8.05. The third-order valence-electron chi connectivity index (χ3n) is 1.98. The highest BCUT2D eigenvalue weighted by Gasteiger charge is 1.92. The van der Waals surface area contributed by atoms with Crippen LogP contribution in [0.1, 0.15) is 5.56 Å². The van der Waals surface area contributed by atoms with Gasteiger partial charge in [0.2, 0.25) is 0 Å². The van der Waals surface area contributed by atoms with Gasteiger partial charge < -0.3 is 0 Å². The summed E-state index contributed by atoms with van der Waals surface area (Å²) in [6.07, 6.45) is 4.57. The predicted octanol–water partition coefficient (Wildman–Crippen LogP) is 1.93. The predicted molar refractivity (Wildman–Crippen MR) is 51.2 cm³/mol. The smallest absolute Gasteiger partial charge is 0.0569 e. The Hall–Kier alpha value is -1.57. The molecule has 0 amide bonds. The second-order valence-electron chi connectivity index (χ2n) is 2.94. The van der Waals surface area contributed by atoms with Crippen molar-refractivity contribution in [1.29, 1.82) is 0 Å². The Bertz CT molecular complexity index is 338. The number of aryl methyl sites for hydroxylation is 2. The zero-order chi connectivity index (χ0) is 8.93. The molecule has 65 valence electrons. The average Bonchev–Trinajstić information content (AvgIpc) is 2.69. The summed E-state index contributed by atoms with van der Waals surface area (Å²) in [5.41, 5.74) is 1.35. The van der Waals surface area contributed by atoms with Gasteiger partial charge in [-0.3, -0.25) is 4.68 Å². The molecule has 0 unspecified atom stereocenters. The highest BCUT2D eigenvalue weighted by atomic mass is 15.3. The fourth-order valence-corrected chi connectivity index (χ4v) is 1.27. The maximum Gasteiger partial charge on any atom is 0.0569 e. The first-order valence-corrected chi connectivity index (χ1v) is 4.37. The van der Waals surface area contributed by atoms with E-state index in [1.165, 1.54) is 5.56 Å². The molecule has 2 rings (SSSR count). The molecule has 2 heteroatoms. The van der Waals surface area contributed by atoms with E-state index in [9.17, 15) is 0 Å². The molecule has 13 heavy (non-hydrogen) atoms. The molecule has 0 saturated heterocycles. The zero-order valence-corrected chi connectivity index (χ0v) is 7.35. The molecule has 2 aromatic rings. The van der Waals surface area contributed by atoms with Crippen LogP contribution in [-0.4, -0.2) is 9.78 Å². The Labute approximate surface area is 77.8 Å². The molecule has 0 fully saturated rings. The van der Waals surface area contributed by atoms with Crippen LogP contribution in [0.2, 0.25) is 0 Å². The first-order valence-electron chi connectivity index (χ1n) is 4.37. The SMILES string of the molecule is [c]1cnn(CCc2ccccc2)c1. The van der Waals surface area contributed by atoms with Crippen LogP contribution >= 0.6 is 0 Å². The van der Waals surface area contributed by atoms with Gasteiger partial charge in [0.05, 0.1) is 6.20 Å². The topological polar surface area (TPSA) is 17.8 Å². The van der Waals surface area contributed by atoms with Crippen molar-refractivity contribution in [2.24, 2.45) is 0 Å². The van der Waals surface area contributed by atoms with Crippen LogP contribution in [0.4, 0.5) is 0 Å². The number of hydrogen-bond acceptors (Lipinski definition) is 1. The normalized spacial score (nSPS) is 10.2. The summed E-state index contributed by atoms with van der Waals surface area (Å²) < 4.78 is 1.90. The second kappa shape index (κ2) is 3.90. The van der Waals surface area contributed by atoms with E-state index in [4.69, 9.17) is 0 Å². The third-order valence-corrected chi connectivity index (χ3v) is 1.98. The fourth-order valence-electron chi connectivity index (χ4n) is 1.27. The van der Waals surface area contributed by atoms with Crippen LogP contribution in [0.3, 0.4) is 0 Å². The van der Waals surface area contributed by atoms with Crippen molar-refractivity contribution >= 4 is 0 Å². The van der Waals surface area contributed by atoms with Gasteiger partial charge in [-0.25, -0.2) is 0 Å². The molecule has 0 aliphatic carbocycles. The van der Waals surface area contributed by atoms with Crippen molar-refractivity contribution in [3.8, 4) is 0 Å². The highest BCUT2D eigenvalue weighted by molar-refractivity contribution is 5.14. The number of aromatic nitrogens is 2. The lowest BCUT2D eigenvalue weighted by Gasteiger charge is -2.00. The molecule has 1 aromatic heterocycles. The van der Waals surface area contributed by atoms with Crippen LogP contribution in [-0.2, 0) is 13.0 Å². The Morgan fingerprint density at radius 1 is 1.23 bits per heavy atom. The summed E-state index contributed by atoms with van der Waals surface area (Å²) in [7, 11) is 0. The molecule has 1 aromatic carbocycles. The van der Waals surface area contributed by atoms with Crippen LogP contribution < -0.4 is 0 Å². The van der Waals surface area contributed by atoms with Crippen molar-refractivity contribution in [3.63, 3.8) is 0 Å². The van der Waals surface area contributed by atoms with E-state index in [1.54, 1.807) is 6.20 Å². The van der Waals surface area contributed by atoms with E-state index >= 15 is 0 Å². The van der Waals surface area contributed by atoms with Gasteiger partial charge in [0.15, 0.2) is 0 Å². The van der Waals surface area contributed by atoms with Crippen molar-refractivity contribution in [2.45, 2.75) is 13.0 Å². The molecule has 0 atom stereocenters. The lowest BCUT2D eigenvalue weighted by Crippen LogP contribution is -2.01. The number of rotatable bonds is 3. The Kier molecular flexibility index (Phi) is 2.41. The Morgan fingerprint density at radius 2 is 2.08 bits per heavy atom. The van der Waals surface area contributed by atoms with E-state index in [0.29, 0.717) is 0 Å². The number of hydrogen-bond donors (Lipinski definition) is 0. The summed E-state index contributed by atoms with van der Waals surface area (Å²) in [6, 6.07) is 13.3. The van der Waals surface area contributed by atoms with E-state index < -0.39 is 0 Å². The molecule has 0 spiro atoms. The summed E-state index contributed by atoms with van der Waals surface area (Å²) in [5, 5.41) is 4.09. The van der Waals surface area contributed by atoms with Gasteiger partial charge in [0.1, 0.15) is 0 Å². The highest BCUT2D eigenvalue weighted by Crippen LogP contribution is 2.00. The monoisotopic (exact) mass is 171 g/mol. The van der Waals surface area contributed by atoms with E-state index in [1.807, 2.05) is 16.9 Å². The lowest BCUT2D eigenvalue weighted by atomic mass is 10.2. The van der Waals surface area contributed by atoms with Gasteiger partial charge in [-0.2, -0.15) is 5.10 Å². The van der Waals surface area contributed by atoms with E-state index in [-0.39, 0.29) is 0 Å². The van der Waals surface area contributed by atoms with Gasteiger partial charge in [-0.15, -0.1) is 0 Å². The summed E-state index contributed by atoms with van der Waals surface area (Å²) in [5.74, 6) is 0. The fraction of sp³-hybridized carbons (Fsp3) is 0.182. The summed E-state index contributed by atoms with van der Waals surface area (Å²) >= 11 is 0. The molecule has 0 saturated carbocycles. The summed E-state index contributed by atoms with van der Waals surface area (Å²) in [6.45, 7) is 0.924. The van der Waals surface area contributed by atoms with Crippen molar-refractivity contribution < 1.29 is 0 Å². The Morgan fingerprint density at radius 3 is 2.77 bits per heavy atom. The number of nitrogens with zero attached hydrogens (tertiary/aromatic N) is 2. The van der Waals surface area contributed by atoms with E-state index in [2.05, 4.69) is 35.4 Å². The summed E-state index contributed by atoms with van der Waals surface area (Å²) in [4.78, 5) is 0. The molecule has 0 aliphatic heterocycles.